The standard InChI is InChI=1S/C14H29N/c1-3-4-5-6-7-8-9-14-12-13(2)10-11-15-14/h13-15H,3-12H2,1-2H3. The Kier molecular flexibility index (Phi) is 7.08. The molecule has 0 amide bonds. The van der Waals surface area contributed by atoms with E-state index in [1.165, 1.54) is 64.3 Å². The molecule has 1 fully saturated rings. The maximum absolute atomic E-state index is 3.65. The highest BCUT2D eigenvalue weighted by molar-refractivity contribution is 4.75. The molecule has 0 aromatic carbocycles. The number of hydrogen-bond acceptors (Lipinski definition) is 1. The molecule has 2 atom stereocenters. The topological polar surface area (TPSA) is 12.0 Å². The van der Waals surface area contributed by atoms with Crippen LogP contribution in [0.25, 0.3) is 0 Å². The SMILES string of the molecule is CCCCCCCCC1CC(C)CCN1. The van der Waals surface area contributed by atoms with Crippen molar-refractivity contribution in [2.45, 2.75) is 77.7 Å². The van der Waals surface area contributed by atoms with Gasteiger partial charge in [0, 0.05) is 6.04 Å². The van der Waals surface area contributed by atoms with Crippen LogP contribution < -0.4 is 5.32 Å². The minimum absolute atomic E-state index is 0.833. The van der Waals surface area contributed by atoms with Gasteiger partial charge in [-0.25, -0.2) is 0 Å². The summed E-state index contributed by atoms with van der Waals surface area (Å²) in [5.74, 6) is 0.955. The van der Waals surface area contributed by atoms with E-state index in [4.69, 9.17) is 0 Å². The van der Waals surface area contributed by atoms with Crippen molar-refractivity contribution in [1.82, 2.24) is 5.32 Å². The molecular weight excluding hydrogens is 182 g/mol. The monoisotopic (exact) mass is 211 g/mol. The summed E-state index contributed by atoms with van der Waals surface area (Å²) >= 11 is 0. The van der Waals surface area contributed by atoms with Crippen molar-refractivity contribution in [3.05, 3.63) is 0 Å². The third kappa shape index (κ3) is 6.19. The lowest BCUT2D eigenvalue weighted by Crippen LogP contribution is -2.37. The summed E-state index contributed by atoms with van der Waals surface area (Å²) in [6, 6.07) is 0.833. The zero-order valence-corrected chi connectivity index (χ0v) is 10.7. The molecule has 0 saturated carbocycles. The average molecular weight is 211 g/mol. The van der Waals surface area contributed by atoms with Crippen molar-refractivity contribution < 1.29 is 0 Å². The molecule has 0 aromatic rings. The van der Waals surface area contributed by atoms with Crippen molar-refractivity contribution in [1.29, 1.82) is 0 Å². The molecular formula is C14H29N. The first-order chi connectivity index (χ1) is 7.33. The van der Waals surface area contributed by atoms with Crippen LogP contribution in [0.2, 0.25) is 0 Å². The summed E-state index contributed by atoms with van der Waals surface area (Å²) < 4.78 is 0. The van der Waals surface area contributed by atoms with E-state index in [0.29, 0.717) is 0 Å². The van der Waals surface area contributed by atoms with Gasteiger partial charge >= 0.3 is 0 Å². The van der Waals surface area contributed by atoms with Gasteiger partial charge in [0.2, 0.25) is 0 Å². The first-order valence-corrected chi connectivity index (χ1v) is 7.06. The third-order valence-electron chi connectivity index (χ3n) is 3.66. The van der Waals surface area contributed by atoms with Crippen molar-refractivity contribution >= 4 is 0 Å². The average Bonchev–Trinajstić information content (AvgIpc) is 2.23. The van der Waals surface area contributed by atoms with E-state index < -0.39 is 0 Å². The fraction of sp³-hybridized carbons (Fsp3) is 1.00. The van der Waals surface area contributed by atoms with Crippen molar-refractivity contribution in [2.75, 3.05) is 6.54 Å². The Morgan fingerprint density at radius 3 is 2.53 bits per heavy atom. The summed E-state index contributed by atoms with van der Waals surface area (Å²) in [4.78, 5) is 0. The Labute approximate surface area is 96.0 Å². The normalized spacial score (nSPS) is 26.8. The molecule has 1 nitrogen and oxygen atoms in total. The van der Waals surface area contributed by atoms with E-state index in [-0.39, 0.29) is 0 Å². The predicted molar refractivity (Wildman–Crippen MR) is 68.2 cm³/mol. The van der Waals surface area contributed by atoms with Gasteiger partial charge < -0.3 is 5.32 Å². The summed E-state index contributed by atoms with van der Waals surface area (Å²) in [5.41, 5.74) is 0. The maximum Gasteiger partial charge on any atom is 0.00696 e. The fourth-order valence-corrected chi connectivity index (χ4v) is 2.61. The first-order valence-electron chi connectivity index (χ1n) is 7.06. The molecule has 0 radical (unpaired) electrons. The Hall–Kier alpha value is -0.0400. The van der Waals surface area contributed by atoms with Crippen LogP contribution in [0.3, 0.4) is 0 Å². The Morgan fingerprint density at radius 1 is 1.07 bits per heavy atom. The minimum Gasteiger partial charge on any atom is -0.314 e. The zero-order valence-electron chi connectivity index (χ0n) is 10.7. The van der Waals surface area contributed by atoms with E-state index in [2.05, 4.69) is 19.2 Å². The highest BCUT2D eigenvalue weighted by atomic mass is 14.9. The molecule has 1 aliphatic heterocycles. The third-order valence-corrected chi connectivity index (χ3v) is 3.66. The lowest BCUT2D eigenvalue weighted by atomic mass is 9.91. The van der Waals surface area contributed by atoms with Crippen molar-refractivity contribution in [2.24, 2.45) is 5.92 Å². The van der Waals surface area contributed by atoms with Crippen molar-refractivity contribution in [3.8, 4) is 0 Å². The molecule has 2 unspecified atom stereocenters. The van der Waals surface area contributed by atoms with Gasteiger partial charge in [0.1, 0.15) is 0 Å². The molecule has 15 heavy (non-hydrogen) atoms. The Morgan fingerprint density at radius 2 is 1.80 bits per heavy atom. The molecule has 0 spiro atoms. The van der Waals surface area contributed by atoms with Gasteiger partial charge in [-0.15, -0.1) is 0 Å². The summed E-state index contributed by atoms with van der Waals surface area (Å²) in [6.45, 7) is 5.93. The van der Waals surface area contributed by atoms with Gasteiger partial charge in [-0.05, 0) is 31.7 Å². The first kappa shape index (κ1) is 13.0. The van der Waals surface area contributed by atoms with Crippen LogP contribution in [-0.2, 0) is 0 Å². The van der Waals surface area contributed by atoms with Crippen LogP contribution >= 0.6 is 0 Å². The molecule has 1 heteroatoms. The maximum atomic E-state index is 3.65. The molecule has 0 aromatic heterocycles. The molecule has 1 rings (SSSR count). The zero-order chi connectivity index (χ0) is 10.9. The number of hydrogen-bond donors (Lipinski definition) is 1. The van der Waals surface area contributed by atoms with Crippen molar-refractivity contribution in [3.63, 3.8) is 0 Å². The molecule has 1 aliphatic rings. The van der Waals surface area contributed by atoms with Crippen LogP contribution in [0.5, 0.6) is 0 Å². The smallest absolute Gasteiger partial charge is 0.00696 e. The van der Waals surface area contributed by atoms with E-state index in [1.807, 2.05) is 0 Å². The van der Waals surface area contributed by atoms with Crippen LogP contribution in [0.1, 0.15) is 71.6 Å². The van der Waals surface area contributed by atoms with Crippen LogP contribution in [0.15, 0.2) is 0 Å². The minimum atomic E-state index is 0.833. The Balaban J connectivity index is 1.90. The summed E-state index contributed by atoms with van der Waals surface area (Å²) in [7, 11) is 0. The van der Waals surface area contributed by atoms with Gasteiger partial charge in [-0.2, -0.15) is 0 Å². The number of rotatable bonds is 7. The van der Waals surface area contributed by atoms with Crippen LogP contribution in [0.4, 0.5) is 0 Å². The largest absolute Gasteiger partial charge is 0.314 e. The van der Waals surface area contributed by atoms with Gasteiger partial charge in [-0.1, -0.05) is 52.4 Å². The molecule has 1 saturated heterocycles. The van der Waals surface area contributed by atoms with Gasteiger partial charge in [0.25, 0.3) is 0 Å². The van der Waals surface area contributed by atoms with Crippen LogP contribution in [0, 0.1) is 5.92 Å². The number of nitrogens with one attached hydrogen (secondary N) is 1. The number of piperidine rings is 1. The highest BCUT2D eigenvalue weighted by Crippen LogP contribution is 2.19. The quantitative estimate of drug-likeness (QED) is 0.624. The van der Waals surface area contributed by atoms with E-state index in [0.717, 1.165) is 12.0 Å². The second kappa shape index (κ2) is 8.15. The molecule has 1 N–H and O–H groups in total. The fourth-order valence-electron chi connectivity index (χ4n) is 2.61. The van der Waals surface area contributed by atoms with Gasteiger partial charge in [0.05, 0.1) is 0 Å². The lowest BCUT2D eigenvalue weighted by Gasteiger charge is -2.28. The predicted octanol–water partition coefficient (Wildman–Crippen LogP) is 4.13. The summed E-state index contributed by atoms with van der Waals surface area (Å²) in [6.07, 6.45) is 12.8. The van der Waals surface area contributed by atoms with Crippen LogP contribution in [-0.4, -0.2) is 12.6 Å². The van der Waals surface area contributed by atoms with E-state index >= 15 is 0 Å². The summed E-state index contributed by atoms with van der Waals surface area (Å²) in [5, 5.41) is 3.65. The van der Waals surface area contributed by atoms with E-state index in [1.54, 1.807) is 0 Å². The Bertz CT molecular complexity index is 144. The number of unbranched alkanes of at least 4 members (excludes halogenated alkanes) is 5. The molecule has 0 aliphatic carbocycles. The van der Waals surface area contributed by atoms with Gasteiger partial charge in [-0.3, -0.25) is 0 Å². The highest BCUT2D eigenvalue weighted by Gasteiger charge is 2.17. The molecule has 0 bridgehead atoms. The molecule has 1 heterocycles. The molecule has 90 valence electrons. The lowest BCUT2D eigenvalue weighted by molar-refractivity contribution is 0.301. The van der Waals surface area contributed by atoms with Gasteiger partial charge in [0.15, 0.2) is 0 Å². The van der Waals surface area contributed by atoms with E-state index in [9.17, 15) is 0 Å². The second-order valence-electron chi connectivity index (χ2n) is 5.34. The second-order valence-corrected chi connectivity index (χ2v) is 5.34.